The molecule has 1 heteroatoms. The first-order valence-electron chi connectivity index (χ1n) is 10.4. The molecule has 0 rings (SSSR count). The van der Waals surface area contributed by atoms with Gasteiger partial charge in [0.15, 0.2) is 0 Å². The van der Waals surface area contributed by atoms with Crippen LogP contribution in [0.2, 0.25) is 0 Å². The number of rotatable bonds is 17. The predicted octanol–water partition coefficient (Wildman–Crippen LogP) is 8.15. The van der Waals surface area contributed by atoms with Gasteiger partial charge in [-0.1, -0.05) is 96.8 Å². The van der Waals surface area contributed by atoms with Crippen LogP contribution in [0.25, 0.3) is 0 Å². The van der Waals surface area contributed by atoms with Gasteiger partial charge >= 0.3 is 0 Å². The third-order valence-corrected chi connectivity index (χ3v) is 6.34. The van der Waals surface area contributed by atoms with Crippen molar-refractivity contribution in [1.29, 1.82) is 0 Å². The Hall–Kier alpha value is 0.430. The summed E-state index contributed by atoms with van der Waals surface area (Å²) in [6.45, 7) is 9.71. The molecule has 0 saturated carbocycles. The minimum absolute atomic E-state index is 0.504. The van der Waals surface area contributed by atoms with E-state index in [0.717, 1.165) is 0 Å². The van der Waals surface area contributed by atoms with Crippen LogP contribution in [0.1, 0.15) is 110 Å². The highest BCUT2D eigenvalue weighted by molar-refractivity contribution is 7.73. The zero-order valence-corrected chi connectivity index (χ0v) is 17.4. The summed E-state index contributed by atoms with van der Waals surface area (Å²) in [4.78, 5) is 0. The van der Waals surface area contributed by atoms with Gasteiger partial charge in [-0.05, 0) is 12.8 Å². The SMILES string of the molecule is CCCCCCCCCCCCCCCCCC[P+](C)(C)C. The summed E-state index contributed by atoms with van der Waals surface area (Å²) in [5, 5.41) is 0. The van der Waals surface area contributed by atoms with Gasteiger partial charge in [0.2, 0.25) is 0 Å². The van der Waals surface area contributed by atoms with E-state index >= 15 is 0 Å². The zero-order valence-electron chi connectivity index (χ0n) is 16.5. The summed E-state index contributed by atoms with van der Waals surface area (Å²) in [6, 6.07) is 0. The molecular weight excluding hydrogens is 283 g/mol. The van der Waals surface area contributed by atoms with Gasteiger partial charge in [-0.2, -0.15) is 0 Å². The normalized spacial score (nSPS) is 12.0. The second-order valence-electron chi connectivity index (χ2n) is 8.32. The Morgan fingerprint density at radius 2 is 0.682 bits per heavy atom. The minimum atomic E-state index is -0.504. The number of unbranched alkanes of at least 4 members (excludes halogenated alkanes) is 15. The van der Waals surface area contributed by atoms with Gasteiger partial charge in [0.1, 0.15) is 0 Å². The molecule has 0 aliphatic heterocycles. The molecule has 0 radical (unpaired) electrons. The molecule has 0 aromatic rings. The zero-order chi connectivity index (χ0) is 16.5. The summed E-state index contributed by atoms with van der Waals surface area (Å²) in [5.41, 5.74) is 0. The summed E-state index contributed by atoms with van der Waals surface area (Å²) in [6.07, 6.45) is 25.1. The van der Waals surface area contributed by atoms with E-state index in [2.05, 4.69) is 26.9 Å². The quantitative estimate of drug-likeness (QED) is 0.186. The Labute approximate surface area is 143 Å². The maximum absolute atomic E-state index is 2.47. The van der Waals surface area contributed by atoms with Crippen LogP contribution in [-0.2, 0) is 0 Å². The molecule has 0 spiro atoms. The third kappa shape index (κ3) is 20.4. The molecular formula is C21H46P+. The van der Waals surface area contributed by atoms with Crippen LogP contribution in [0.4, 0.5) is 0 Å². The molecule has 0 fully saturated rings. The second-order valence-corrected chi connectivity index (χ2v) is 13.3. The van der Waals surface area contributed by atoms with E-state index in [4.69, 9.17) is 0 Å². The van der Waals surface area contributed by atoms with E-state index in [1.54, 1.807) is 0 Å². The maximum atomic E-state index is 2.47. The lowest BCUT2D eigenvalue weighted by atomic mass is 10.0. The molecule has 134 valence electrons. The van der Waals surface area contributed by atoms with Gasteiger partial charge < -0.3 is 0 Å². The topological polar surface area (TPSA) is 0 Å². The number of hydrogen-bond acceptors (Lipinski definition) is 0. The van der Waals surface area contributed by atoms with E-state index in [1.807, 2.05) is 0 Å². The Bertz CT molecular complexity index is 204. The Balaban J connectivity index is 3.00. The monoisotopic (exact) mass is 329 g/mol. The first-order chi connectivity index (χ1) is 10.6. The van der Waals surface area contributed by atoms with Crippen molar-refractivity contribution in [3.63, 3.8) is 0 Å². The highest BCUT2D eigenvalue weighted by Crippen LogP contribution is 2.47. The lowest BCUT2D eigenvalue weighted by molar-refractivity contribution is 0.531. The standard InChI is InChI=1S/C21H46P/c1-5-6-7-8-9-10-11-12-13-14-15-16-17-18-19-20-21-22(2,3)4/h5-21H2,1-4H3/q+1. The van der Waals surface area contributed by atoms with Crippen molar-refractivity contribution in [2.24, 2.45) is 0 Å². The lowest BCUT2D eigenvalue weighted by Crippen LogP contribution is -1.92. The summed E-state index contributed by atoms with van der Waals surface area (Å²) >= 11 is 0. The molecule has 0 nitrogen and oxygen atoms in total. The summed E-state index contributed by atoms with van der Waals surface area (Å²) in [7, 11) is -0.504. The Morgan fingerprint density at radius 3 is 0.955 bits per heavy atom. The van der Waals surface area contributed by atoms with Gasteiger partial charge in [-0.15, -0.1) is 0 Å². The van der Waals surface area contributed by atoms with Crippen molar-refractivity contribution in [2.75, 3.05) is 26.2 Å². The minimum Gasteiger partial charge on any atom is -0.0654 e. The van der Waals surface area contributed by atoms with Crippen LogP contribution in [0, 0.1) is 0 Å². The van der Waals surface area contributed by atoms with Crippen LogP contribution in [-0.4, -0.2) is 26.2 Å². The number of hydrogen-bond donors (Lipinski definition) is 0. The molecule has 0 saturated heterocycles. The molecule has 0 aromatic carbocycles. The van der Waals surface area contributed by atoms with Gasteiger partial charge in [0.05, 0.1) is 6.16 Å². The fourth-order valence-corrected chi connectivity index (χ4v) is 4.31. The van der Waals surface area contributed by atoms with Gasteiger partial charge in [-0.3, -0.25) is 0 Å². The van der Waals surface area contributed by atoms with Crippen molar-refractivity contribution in [2.45, 2.75) is 110 Å². The van der Waals surface area contributed by atoms with E-state index in [1.165, 1.54) is 109 Å². The van der Waals surface area contributed by atoms with Crippen molar-refractivity contribution in [1.82, 2.24) is 0 Å². The molecule has 0 unspecified atom stereocenters. The molecule has 0 aliphatic carbocycles. The summed E-state index contributed by atoms with van der Waals surface area (Å²) in [5.74, 6) is 0. The Kier molecular flexibility index (Phi) is 16.6. The van der Waals surface area contributed by atoms with Crippen LogP contribution >= 0.6 is 7.26 Å². The summed E-state index contributed by atoms with van der Waals surface area (Å²) < 4.78 is 0. The molecule has 0 aromatic heterocycles. The van der Waals surface area contributed by atoms with Crippen molar-refractivity contribution >= 4 is 7.26 Å². The second kappa shape index (κ2) is 16.3. The van der Waals surface area contributed by atoms with E-state index < -0.39 is 7.26 Å². The molecule has 0 bridgehead atoms. The molecule has 22 heavy (non-hydrogen) atoms. The molecule has 0 amide bonds. The van der Waals surface area contributed by atoms with Crippen LogP contribution in [0.3, 0.4) is 0 Å². The highest BCUT2D eigenvalue weighted by atomic mass is 31.2. The first kappa shape index (κ1) is 22.4. The molecule has 0 N–H and O–H groups in total. The fraction of sp³-hybridized carbons (Fsp3) is 1.00. The lowest BCUT2D eigenvalue weighted by Gasteiger charge is -2.10. The third-order valence-electron chi connectivity index (χ3n) is 4.68. The van der Waals surface area contributed by atoms with Crippen LogP contribution < -0.4 is 0 Å². The smallest absolute Gasteiger partial charge is 0.0586 e. The molecule has 0 atom stereocenters. The van der Waals surface area contributed by atoms with Gasteiger partial charge in [0.25, 0.3) is 0 Å². The van der Waals surface area contributed by atoms with Crippen LogP contribution in [0.15, 0.2) is 0 Å². The fourth-order valence-electron chi connectivity index (χ4n) is 3.13. The van der Waals surface area contributed by atoms with Crippen molar-refractivity contribution in [3.05, 3.63) is 0 Å². The molecule has 0 aliphatic rings. The van der Waals surface area contributed by atoms with Gasteiger partial charge in [-0.25, -0.2) is 0 Å². The highest BCUT2D eigenvalue weighted by Gasteiger charge is 2.15. The average molecular weight is 330 g/mol. The maximum Gasteiger partial charge on any atom is 0.0586 e. The van der Waals surface area contributed by atoms with Crippen LogP contribution in [0.5, 0.6) is 0 Å². The Morgan fingerprint density at radius 1 is 0.409 bits per heavy atom. The average Bonchev–Trinajstić information content (AvgIpc) is 2.45. The van der Waals surface area contributed by atoms with E-state index in [-0.39, 0.29) is 0 Å². The first-order valence-corrected chi connectivity index (χ1v) is 13.7. The largest absolute Gasteiger partial charge is 0.0654 e. The van der Waals surface area contributed by atoms with Gasteiger partial charge in [0, 0.05) is 27.3 Å². The predicted molar refractivity (Wildman–Crippen MR) is 109 cm³/mol. The van der Waals surface area contributed by atoms with E-state index in [0.29, 0.717) is 0 Å². The van der Waals surface area contributed by atoms with E-state index in [9.17, 15) is 0 Å². The van der Waals surface area contributed by atoms with Crippen molar-refractivity contribution < 1.29 is 0 Å². The van der Waals surface area contributed by atoms with Crippen molar-refractivity contribution in [3.8, 4) is 0 Å². The molecule has 0 heterocycles.